The fourth-order valence-corrected chi connectivity index (χ4v) is 2.51. The molecule has 2 aromatic carbocycles. The number of hydrogen-bond acceptors (Lipinski definition) is 2. The zero-order chi connectivity index (χ0) is 13.9. The van der Waals surface area contributed by atoms with Gasteiger partial charge in [-0.05, 0) is 12.5 Å². The van der Waals surface area contributed by atoms with Crippen LogP contribution in [0.4, 0.5) is 0 Å². The molecular weight excluding hydrogens is 268 g/mol. The van der Waals surface area contributed by atoms with Crippen molar-refractivity contribution in [2.45, 2.75) is 6.92 Å². The molecule has 1 heterocycles. The van der Waals surface area contributed by atoms with Crippen molar-refractivity contribution < 1.29 is 0 Å². The van der Waals surface area contributed by atoms with Crippen LogP contribution in [-0.2, 0) is 0 Å². The summed E-state index contributed by atoms with van der Waals surface area (Å²) in [5.74, 6) is 0.660. The maximum absolute atomic E-state index is 6.37. The zero-order valence-corrected chi connectivity index (χ0v) is 11.8. The van der Waals surface area contributed by atoms with Crippen LogP contribution in [0.1, 0.15) is 5.69 Å². The van der Waals surface area contributed by atoms with Gasteiger partial charge in [-0.2, -0.15) is 0 Å². The molecular formula is C17H13ClN2. The molecule has 0 saturated heterocycles. The van der Waals surface area contributed by atoms with E-state index >= 15 is 0 Å². The second kappa shape index (κ2) is 5.43. The Morgan fingerprint density at radius 2 is 1.30 bits per heavy atom. The highest BCUT2D eigenvalue weighted by molar-refractivity contribution is 6.32. The summed E-state index contributed by atoms with van der Waals surface area (Å²) in [5.41, 5.74) is 3.79. The molecule has 3 aromatic rings. The number of halogens is 1. The van der Waals surface area contributed by atoms with E-state index in [1.165, 1.54) is 0 Å². The van der Waals surface area contributed by atoms with Gasteiger partial charge < -0.3 is 0 Å². The van der Waals surface area contributed by atoms with Crippen LogP contribution >= 0.6 is 11.6 Å². The van der Waals surface area contributed by atoms with Gasteiger partial charge in [0.25, 0.3) is 0 Å². The number of hydrogen-bond donors (Lipinski definition) is 0. The first-order valence-corrected chi connectivity index (χ1v) is 6.78. The summed E-state index contributed by atoms with van der Waals surface area (Å²) < 4.78 is 0. The summed E-state index contributed by atoms with van der Waals surface area (Å²) in [6.07, 6.45) is 0. The van der Waals surface area contributed by atoms with Gasteiger partial charge in [0.05, 0.1) is 5.69 Å². The molecule has 0 bridgehead atoms. The van der Waals surface area contributed by atoms with Crippen LogP contribution in [0.25, 0.3) is 22.5 Å². The van der Waals surface area contributed by atoms with Crippen molar-refractivity contribution in [2.75, 3.05) is 0 Å². The van der Waals surface area contributed by atoms with Crippen LogP contribution in [-0.4, -0.2) is 9.97 Å². The number of nitrogens with zero attached hydrogens (tertiary/aromatic N) is 2. The molecule has 0 N–H and O–H groups in total. The van der Waals surface area contributed by atoms with E-state index in [2.05, 4.69) is 9.97 Å². The maximum atomic E-state index is 6.37. The van der Waals surface area contributed by atoms with Crippen LogP contribution in [0.5, 0.6) is 0 Å². The van der Waals surface area contributed by atoms with Crippen LogP contribution in [0.2, 0.25) is 5.15 Å². The predicted octanol–water partition coefficient (Wildman–Crippen LogP) is 4.77. The van der Waals surface area contributed by atoms with E-state index in [0.717, 1.165) is 22.4 Å². The highest BCUT2D eigenvalue weighted by Gasteiger charge is 2.12. The molecule has 0 fully saturated rings. The van der Waals surface area contributed by atoms with E-state index in [0.29, 0.717) is 11.0 Å². The van der Waals surface area contributed by atoms with Crippen LogP contribution in [0, 0.1) is 6.92 Å². The minimum atomic E-state index is 0.488. The van der Waals surface area contributed by atoms with Gasteiger partial charge in [0.15, 0.2) is 5.82 Å². The first-order chi connectivity index (χ1) is 9.75. The third-order valence-electron chi connectivity index (χ3n) is 3.14. The van der Waals surface area contributed by atoms with Gasteiger partial charge in [0.1, 0.15) is 5.15 Å². The van der Waals surface area contributed by atoms with Crippen molar-refractivity contribution >= 4 is 11.6 Å². The molecule has 0 amide bonds. The van der Waals surface area contributed by atoms with Crippen molar-refractivity contribution in [3.63, 3.8) is 0 Å². The molecule has 0 aliphatic carbocycles. The largest absolute Gasteiger partial charge is 0.233 e. The lowest BCUT2D eigenvalue weighted by atomic mass is 10.1. The Hall–Kier alpha value is -2.19. The summed E-state index contributed by atoms with van der Waals surface area (Å²) in [6, 6.07) is 19.8. The minimum Gasteiger partial charge on any atom is -0.233 e. The van der Waals surface area contributed by atoms with Gasteiger partial charge >= 0.3 is 0 Å². The maximum Gasteiger partial charge on any atom is 0.161 e. The highest BCUT2D eigenvalue weighted by Crippen LogP contribution is 2.30. The smallest absolute Gasteiger partial charge is 0.161 e. The van der Waals surface area contributed by atoms with Gasteiger partial charge in [-0.25, -0.2) is 9.97 Å². The van der Waals surface area contributed by atoms with Crippen LogP contribution < -0.4 is 0 Å². The Balaban J connectivity index is 2.13. The molecule has 0 saturated carbocycles. The summed E-state index contributed by atoms with van der Waals surface area (Å²) in [6.45, 7) is 1.96. The molecule has 20 heavy (non-hydrogen) atoms. The number of benzene rings is 2. The van der Waals surface area contributed by atoms with Gasteiger partial charge in [-0.1, -0.05) is 72.3 Å². The Morgan fingerprint density at radius 1 is 0.750 bits per heavy atom. The molecule has 3 rings (SSSR count). The monoisotopic (exact) mass is 280 g/mol. The molecule has 0 spiro atoms. The van der Waals surface area contributed by atoms with E-state index < -0.39 is 0 Å². The number of aryl methyl sites for hydroxylation is 1. The van der Waals surface area contributed by atoms with Crippen molar-refractivity contribution in [3.05, 3.63) is 71.5 Å². The standard InChI is InChI=1S/C17H13ClN2/c1-12-15(13-8-4-2-5-9-13)16(18)20-17(19-12)14-10-6-3-7-11-14/h2-11H,1H3. The topological polar surface area (TPSA) is 25.8 Å². The lowest BCUT2D eigenvalue weighted by molar-refractivity contribution is 1.11. The lowest BCUT2D eigenvalue weighted by Crippen LogP contribution is -1.97. The van der Waals surface area contributed by atoms with Crippen molar-refractivity contribution in [1.29, 1.82) is 0 Å². The average molecular weight is 281 g/mol. The summed E-state index contributed by atoms with van der Waals surface area (Å²) in [7, 11) is 0. The quantitative estimate of drug-likeness (QED) is 0.632. The Bertz CT molecular complexity index is 701. The number of rotatable bonds is 2. The van der Waals surface area contributed by atoms with Gasteiger partial charge in [0, 0.05) is 11.1 Å². The molecule has 2 nitrogen and oxygen atoms in total. The van der Waals surface area contributed by atoms with Crippen molar-refractivity contribution in [2.24, 2.45) is 0 Å². The second-order valence-corrected chi connectivity index (χ2v) is 4.89. The normalized spacial score (nSPS) is 10.5. The Labute approximate surface area is 123 Å². The van der Waals surface area contributed by atoms with Crippen LogP contribution in [0.3, 0.4) is 0 Å². The molecule has 0 aliphatic heterocycles. The second-order valence-electron chi connectivity index (χ2n) is 4.53. The van der Waals surface area contributed by atoms with E-state index in [-0.39, 0.29) is 0 Å². The van der Waals surface area contributed by atoms with Crippen molar-refractivity contribution in [3.8, 4) is 22.5 Å². The van der Waals surface area contributed by atoms with E-state index in [4.69, 9.17) is 11.6 Å². The zero-order valence-electron chi connectivity index (χ0n) is 11.0. The Morgan fingerprint density at radius 3 is 1.85 bits per heavy atom. The van der Waals surface area contributed by atoms with E-state index in [1.807, 2.05) is 67.6 Å². The fourth-order valence-electron chi connectivity index (χ4n) is 2.19. The summed E-state index contributed by atoms with van der Waals surface area (Å²) >= 11 is 6.37. The van der Waals surface area contributed by atoms with Gasteiger partial charge in [-0.3, -0.25) is 0 Å². The first kappa shape index (κ1) is 12.8. The molecule has 3 heteroatoms. The molecule has 0 aliphatic rings. The fraction of sp³-hybridized carbons (Fsp3) is 0.0588. The third kappa shape index (κ3) is 2.43. The lowest BCUT2D eigenvalue weighted by Gasteiger charge is -2.09. The molecule has 0 unspecified atom stereocenters. The van der Waals surface area contributed by atoms with E-state index in [1.54, 1.807) is 0 Å². The SMILES string of the molecule is Cc1nc(-c2ccccc2)nc(Cl)c1-c1ccccc1. The van der Waals surface area contributed by atoms with E-state index in [9.17, 15) is 0 Å². The highest BCUT2D eigenvalue weighted by atomic mass is 35.5. The third-order valence-corrected chi connectivity index (χ3v) is 3.41. The van der Waals surface area contributed by atoms with Crippen molar-refractivity contribution in [1.82, 2.24) is 9.97 Å². The van der Waals surface area contributed by atoms with Gasteiger partial charge in [-0.15, -0.1) is 0 Å². The molecule has 1 aromatic heterocycles. The molecule has 0 atom stereocenters. The van der Waals surface area contributed by atoms with Crippen LogP contribution in [0.15, 0.2) is 60.7 Å². The summed E-state index contributed by atoms with van der Waals surface area (Å²) in [5, 5.41) is 0.488. The average Bonchev–Trinajstić information content (AvgIpc) is 2.48. The molecule has 98 valence electrons. The minimum absolute atomic E-state index is 0.488. The van der Waals surface area contributed by atoms with Gasteiger partial charge in [0.2, 0.25) is 0 Å². The predicted molar refractivity (Wildman–Crippen MR) is 82.7 cm³/mol. The summed E-state index contributed by atoms with van der Waals surface area (Å²) in [4.78, 5) is 9.02. The number of aromatic nitrogens is 2. The Kier molecular flexibility index (Phi) is 3.48. The molecule has 0 radical (unpaired) electrons. The first-order valence-electron chi connectivity index (χ1n) is 6.40.